The third-order valence-electron chi connectivity index (χ3n) is 3.95. The van der Waals surface area contributed by atoms with Crippen LogP contribution in [0.5, 0.6) is 5.75 Å². The Morgan fingerprint density at radius 3 is 1.81 bits per heavy atom. The lowest BCUT2D eigenvalue weighted by molar-refractivity contribution is 0.0979. The molecule has 0 unspecified atom stereocenters. The van der Waals surface area contributed by atoms with Gasteiger partial charge in [0.05, 0.1) is 0 Å². The van der Waals surface area contributed by atoms with Crippen molar-refractivity contribution in [1.82, 2.24) is 0 Å². The number of ketones is 1. The molecule has 0 saturated heterocycles. The molecule has 0 saturated carbocycles. The Morgan fingerprint density at radius 2 is 1.29 bits per heavy atom. The van der Waals surface area contributed by atoms with E-state index < -0.39 is 0 Å². The van der Waals surface area contributed by atoms with E-state index in [0.29, 0.717) is 12.0 Å². The smallest absolute Gasteiger partial charge is 0.162 e. The number of hydrogen-bond donors (Lipinski definition) is 1. The summed E-state index contributed by atoms with van der Waals surface area (Å²) in [5, 5.41) is 9.19. The predicted molar refractivity (Wildman–Crippen MR) is 88.9 cm³/mol. The van der Waals surface area contributed by atoms with Crippen molar-refractivity contribution in [3.8, 4) is 5.75 Å². The molecule has 0 aliphatic carbocycles. The summed E-state index contributed by atoms with van der Waals surface area (Å²) in [4.78, 5) is 11.9. The van der Waals surface area contributed by atoms with Crippen molar-refractivity contribution in [3.05, 3.63) is 29.8 Å². The second kappa shape index (κ2) is 11.4. The second-order valence-electron chi connectivity index (χ2n) is 5.90. The van der Waals surface area contributed by atoms with Crippen LogP contribution in [0.1, 0.15) is 87.9 Å². The fourth-order valence-electron chi connectivity index (χ4n) is 2.56. The van der Waals surface area contributed by atoms with Crippen LogP contribution >= 0.6 is 0 Å². The van der Waals surface area contributed by atoms with Gasteiger partial charge in [0.1, 0.15) is 5.75 Å². The molecular formula is C19H30O2. The molecule has 0 spiro atoms. The quantitative estimate of drug-likeness (QED) is 0.385. The van der Waals surface area contributed by atoms with Crippen LogP contribution in [0.15, 0.2) is 24.3 Å². The number of carbonyl (C=O) groups excluding carboxylic acids is 1. The molecule has 118 valence electrons. The van der Waals surface area contributed by atoms with Crippen LogP contribution in [0.3, 0.4) is 0 Å². The maximum Gasteiger partial charge on any atom is 0.162 e. The lowest BCUT2D eigenvalue weighted by Gasteiger charge is -2.03. The second-order valence-corrected chi connectivity index (χ2v) is 5.90. The summed E-state index contributed by atoms with van der Waals surface area (Å²) < 4.78 is 0. The van der Waals surface area contributed by atoms with Gasteiger partial charge in [0.15, 0.2) is 5.78 Å². The van der Waals surface area contributed by atoms with Crippen molar-refractivity contribution in [2.75, 3.05) is 0 Å². The van der Waals surface area contributed by atoms with E-state index in [1.165, 1.54) is 51.4 Å². The first-order valence-corrected chi connectivity index (χ1v) is 8.56. The maximum absolute atomic E-state index is 11.9. The third kappa shape index (κ3) is 8.54. The van der Waals surface area contributed by atoms with Gasteiger partial charge in [0, 0.05) is 12.0 Å². The minimum absolute atomic E-state index is 0.189. The van der Waals surface area contributed by atoms with E-state index in [1.807, 2.05) is 0 Å². The molecule has 1 N–H and O–H groups in total. The summed E-state index contributed by atoms with van der Waals surface area (Å²) in [7, 11) is 0. The van der Waals surface area contributed by atoms with Crippen molar-refractivity contribution >= 4 is 5.78 Å². The summed E-state index contributed by atoms with van der Waals surface area (Å²) in [5.74, 6) is 0.403. The Kier molecular flexibility index (Phi) is 9.60. The first kappa shape index (κ1) is 17.7. The summed E-state index contributed by atoms with van der Waals surface area (Å²) in [6, 6.07) is 6.56. The molecule has 0 heterocycles. The van der Waals surface area contributed by atoms with Crippen LogP contribution in [0, 0.1) is 0 Å². The van der Waals surface area contributed by atoms with E-state index in [4.69, 9.17) is 0 Å². The SMILES string of the molecule is CCCCCCCCCCCCC(=O)c1ccc(O)cc1. The van der Waals surface area contributed by atoms with Gasteiger partial charge in [-0.2, -0.15) is 0 Å². The highest BCUT2D eigenvalue weighted by Crippen LogP contribution is 2.14. The highest BCUT2D eigenvalue weighted by atomic mass is 16.3. The van der Waals surface area contributed by atoms with Gasteiger partial charge in [-0.3, -0.25) is 4.79 Å². The zero-order valence-electron chi connectivity index (χ0n) is 13.4. The van der Waals surface area contributed by atoms with Gasteiger partial charge in [-0.05, 0) is 30.7 Å². The van der Waals surface area contributed by atoms with Gasteiger partial charge in [-0.15, -0.1) is 0 Å². The molecule has 1 rings (SSSR count). The average Bonchev–Trinajstić information content (AvgIpc) is 2.49. The number of hydrogen-bond acceptors (Lipinski definition) is 2. The normalized spacial score (nSPS) is 10.7. The zero-order chi connectivity index (χ0) is 15.3. The van der Waals surface area contributed by atoms with Crippen LogP contribution in [-0.2, 0) is 0 Å². The molecule has 21 heavy (non-hydrogen) atoms. The minimum atomic E-state index is 0.189. The Bertz CT molecular complexity index is 381. The first-order chi connectivity index (χ1) is 10.2. The molecule has 0 aliphatic rings. The molecular weight excluding hydrogens is 260 g/mol. The molecule has 0 radical (unpaired) electrons. The van der Waals surface area contributed by atoms with Crippen LogP contribution in [0.4, 0.5) is 0 Å². The molecule has 0 bridgehead atoms. The molecule has 1 aromatic carbocycles. The van der Waals surface area contributed by atoms with E-state index >= 15 is 0 Å². The molecule has 0 atom stereocenters. The van der Waals surface area contributed by atoms with Crippen molar-refractivity contribution < 1.29 is 9.90 Å². The molecule has 2 heteroatoms. The first-order valence-electron chi connectivity index (χ1n) is 8.56. The molecule has 0 amide bonds. The lowest BCUT2D eigenvalue weighted by atomic mass is 10.0. The minimum Gasteiger partial charge on any atom is -0.508 e. The summed E-state index contributed by atoms with van der Waals surface area (Å²) >= 11 is 0. The van der Waals surface area contributed by atoms with E-state index in [2.05, 4.69) is 6.92 Å². The van der Waals surface area contributed by atoms with Gasteiger partial charge in [-0.25, -0.2) is 0 Å². The molecule has 1 aromatic rings. The molecule has 2 nitrogen and oxygen atoms in total. The van der Waals surface area contributed by atoms with Gasteiger partial charge in [0.2, 0.25) is 0 Å². The number of aromatic hydroxyl groups is 1. The maximum atomic E-state index is 11.9. The van der Waals surface area contributed by atoms with Crippen molar-refractivity contribution in [1.29, 1.82) is 0 Å². The molecule has 0 fully saturated rings. The van der Waals surface area contributed by atoms with Crippen molar-refractivity contribution in [3.63, 3.8) is 0 Å². The van der Waals surface area contributed by atoms with Crippen LogP contribution in [0.2, 0.25) is 0 Å². The summed E-state index contributed by atoms with van der Waals surface area (Å²) in [6.45, 7) is 2.25. The average molecular weight is 290 g/mol. The number of unbranched alkanes of at least 4 members (excludes halogenated alkanes) is 9. The highest BCUT2D eigenvalue weighted by molar-refractivity contribution is 5.96. The van der Waals surface area contributed by atoms with Crippen LogP contribution in [-0.4, -0.2) is 10.9 Å². The van der Waals surface area contributed by atoms with Crippen molar-refractivity contribution in [2.45, 2.75) is 77.6 Å². The van der Waals surface area contributed by atoms with E-state index in [0.717, 1.165) is 12.8 Å². The number of rotatable bonds is 12. The zero-order valence-corrected chi connectivity index (χ0v) is 13.4. The van der Waals surface area contributed by atoms with Crippen LogP contribution in [0.25, 0.3) is 0 Å². The standard InChI is InChI=1S/C19H30O2/c1-2-3-4-5-6-7-8-9-10-11-12-19(21)17-13-15-18(20)16-14-17/h13-16,20H,2-12H2,1H3. The Morgan fingerprint density at radius 1 is 0.810 bits per heavy atom. The van der Waals surface area contributed by atoms with Gasteiger partial charge < -0.3 is 5.11 Å². The molecule has 0 aliphatic heterocycles. The molecule has 0 aromatic heterocycles. The number of carbonyl (C=O) groups is 1. The van der Waals surface area contributed by atoms with Gasteiger partial charge in [0.25, 0.3) is 0 Å². The number of benzene rings is 1. The Balaban J connectivity index is 1.96. The Hall–Kier alpha value is -1.31. The number of Topliss-reactive ketones (excluding diaryl/α,β-unsaturated/α-hetero) is 1. The van der Waals surface area contributed by atoms with E-state index in [-0.39, 0.29) is 11.5 Å². The summed E-state index contributed by atoms with van der Waals surface area (Å²) in [6.07, 6.45) is 13.5. The fourth-order valence-corrected chi connectivity index (χ4v) is 2.56. The van der Waals surface area contributed by atoms with Gasteiger partial charge in [-0.1, -0.05) is 64.7 Å². The predicted octanol–water partition coefficient (Wildman–Crippen LogP) is 5.89. The van der Waals surface area contributed by atoms with E-state index in [1.54, 1.807) is 24.3 Å². The fraction of sp³-hybridized carbons (Fsp3) is 0.632. The topological polar surface area (TPSA) is 37.3 Å². The number of phenolic OH excluding ortho intramolecular Hbond substituents is 1. The van der Waals surface area contributed by atoms with E-state index in [9.17, 15) is 9.90 Å². The highest BCUT2D eigenvalue weighted by Gasteiger charge is 2.05. The Labute approximate surface area is 129 Å². The third-order valence-corrected chi connectivity index (χ3v) is 3.95. The van der Waals surface area contributed by atoms with Crippen LogP contribution < -0.4 is 0 Å². The number of phenols is 1. The lowest BCUT2D eigenvalue weighted by Crippen LogP contribution is -1.98. The van der Waals surface area contributed by atoms with Gasteiger partial charge >= 0.3 is 0 Å². The summed E-state index contributed by atoms with van der Waals surface area (Å²) in [5.41, 5.74) is 0.712. The van der Waals surface area contributed by atoms with Crippen molar-refractivity contribution in [2.24, 2.45) is 0 Å². The monoisotopic (exact) mass is 290 g/mol. The largest absolute Gasteiger partial charge is 0.508 e.